The van der Waals surface area contributed by atoms with Crippen molar-refractivity contribution in [2.45, 2.75) is 26.0 Å². The lowest BCUT2D eigenvalue weighted by Crippen LogP contribution is -2.57. The summed E-state index contributed by atoms with van der Waals surface area (Å²) in [5.41, 5.74) is 0.816. The minimum Gasteiger partial charge on any atom is -0.487 e. The van der Waals surface area contributed by atoms with E-state index < -0.39 is 5.69 Å². The van der Waals surface area contributed by atoms with Crippen molar-refractivity contribution in [1.29, 1.82) is 0 Å². The van der Waals surface area contributed by atoms with Crippen LogP contribution in [-0.2, 0) is 17.8 Å². The molecule has 0 N–H and O–H groups in total. The number of likely N-dealkylation sites (tertiary alicyclic amines) is 1. The fourth-order valence-corrected chi connectivity index (χ4v) is 2.50. The Hall–Kier alpha value is -2.63. The van der Waals surface area contributed by atoms with Crippen LogP contribution >= 0.6 is 0 Å². The molecule has 6 nitrogen and oxygen atoms in total. The van der Waals surface area contributed by atoms with Gasteiger partial charge in [-0.25, -0.2) is 9.78 Å². The van der Waals surface area contributed by atoms with E-state index in [9.17, 15) is 9.59 Å². The number of amides is 1. The summed E-state index contributed by atoms with van der Waals surface area (Å²) in [5.74, 6) is 0.743. The van der Waals surface area contributed by atoms with E-state index in [1.807, 2.05) is 18.2 Å². The maximum Gasteiger partial charge on any atom is 0.347 e. The summed E-state index contributed by atoms with van der Waals surface area (Å²) in [4.78, 5) is 29.0. The number of aromatic nitrogens is 2. The summed E-state index contributed by atoms with van der Waals surface area (Å²) < 4.78 is 7.18. The van der Waals surface area contributed by atoms with Gasteiger partial charge in [0.15, 0.2) is 0 Å². The lowest BCUT2D eigenvalue weighted by Gasteiger charge is -2.39. The molecule has 0 bridgehead atoms. The summed E-state index contributed by atoms with van der Waals surface area (Å²) in [5, 5.41) is 0. The molecular formula is C17H19N3O3. The minimum atomic E-state index is -0.412. The summed E-state index contributed by atoms with van der Waals surface area (Å²) in [6.45, 7) is 3.21. The summed E-state index contributed by atoms with van der Waals surface area (Å²) in [6.07, 6.45) is 3.96. The van der Waals surface area contributed by atoms with Crippen molar-refractivity contribution in [2.24, 2.45) is 0 Å². The molecule has 23 heavy (non-hydrogen) atoms. The molecule has 0 unspecified atom stereocenters. The van der Waals surface area contributed by atoms with E-state index in [2.05, 4.69) is 18.0 Å². The minimum absolute atomic E-state index is 0.0108. The molecule has 1 amide bonds. The molecule has 120 valence electrons. The van der Waals surface area contributed by atoms with Gasteiger partial charge in [0.2, 0.25) is 5.91 Å². The van der Waals surface area contributed by atoms with Gasteiger partial charge in [0.05, 0.1) is 13.1 Å². The molecule has 1 saturated heterocycles. The molecule has 0 radical (unpaired) electrons. The predicted molar refractivity (Wildman–Crippen MR) is 85.3 cm³/mol. The van der Waals surface area contributed by atoms with Crippen LogP contribution in [0.3, 0.4) is 0 Å². The number of benzene rings is 1. The lowest BCUT2D eigenvalue weighted by molar-refractivity contribution is -0.140. The van der Waals surface area contributed by atoms with Crippen LogP contribution in [0.15, 0.2) is 47.5 Å². The molecule has 1 aromatic heterocycles. The quantitative estimate of drug-likeness (QED) is 0.829. The van der Waals surface area contributed by atoms with E-state index in [1.54, 1.807) is 17.2 Å². The zero-order valence-electron chi connectivity index (χ0n) is 13.0. The Bertz CT molecular complexity index is 750. The highest BCUT2D eigenvalue weighted by molar-refractivity contribution is 5.77. The van der Waals surface area contributed by atoms with Gasteiger partial charge < -0.3 is 9.64 Å². The van der Waals surface area contributed by atoms with Gasteiger partial charge in [0.1, 0.15) is 18.4 Å². The third-order valence-electron chi connectivity index (χ3n) is 3.90. The molecular weight excluding hydrogens is 294 g/mol. The molecule has 2 aromatic rings. The molecule has 1 aromatic carbocycles. The number of ether oxygens (including phenoxy) is 1. The van der Waals surface area contributed by atoms with Gasteiger partial charge in [-0.3, -0.25) is 9.36 Å². The highest BCUT2D eigenvalue weighted by atomic mass is 16.5. The molecule has 3 rings (SSSR count). The van der Waals surface area contributed by atoms with Crippen LogP contribution in [0.25, 0.3) is 0 Å². The Labute approximate surface area is 134 Å². The SMILES string of the molecule is CCc1cccc(OC2CN(C(=O)Cn3cccnc3=O)C2)c1. The molecule has 0 atom stereocenters. The zero-order chi connectivity index (χ0) is 16.2. The van der Waals surface area contributed by atoms with Crippen molar-refractivity contribution >= 4 is 5.91 Å². The highest BCUT2D eigenvalue weighted by Crippen LogP contribution is 2.19. The first kappa shape index (κ1) is 15.3. The third-order valence-corrected chi connectivity index (χ3v) is 3.90. The van der Waals surface area contributed by atoms with Gasteiger partial charge in [-0.2, -0.15) is 0 Å². The zero-order valence-corrected chi connectivity index (χ0v) is 13.0. The summed E-state index contributed by atoms with van der Waals surface area (Å²) in [6, 6.07) is 9.63. The second kappa shape index (κ2) is 6.64. The number of hydrogen-bond donors (Lipinski definition) is 0. The van der Waals surface area contributed by atoms with Gasteiger partial charge in [0.25, 0.3) is 0 Å². The molecule has 0 saturated carbocycles. The van der Waals surface area contributed by atoms with E-state index in [0.29, 0.717) is 13.1 Å². The average molecular weight is 313 g/mol. The number of aryl methyl sites for hydroxylation is 1. The fraction of sp³-hybridized carbons (Fsp3) is 0.353. The molecule has 6 heteroatoms. The molecule has 2 heterocycles. The van der Waals surface area contributed by atoms with E-state index in [1.165, 1.54) is 16.3 Å². The van der Waals surface area contributed by atoms with Gasteiger partial charge in [0, 0.05) is 12.4 Å². The Kier molecular flexibility index (Phi) is 4.41. The smallest absolute Gasteiger partial charge is 0.347 e. The molecule has 1 aliphatic heterocycles. The predicted octanol–water partition coefficient (Wildman–Crippen LogP) is 1.10. The lowest BCUT2D eigenvalue weighted by atomic mass is 10.1. The average Bonchev–Trinajstić information content (AvgIpc) is 2.52. The van der Waals surface area contributed by atoms with Gasteiger partial charge in [-0.15, -0.1) is 0 Å². The number of carbonyl (C=O) groups excluding carboxylic acids is 1. The molecule has 1 aliphatic rings. The normalized spacial score (nSPS) is 14.4. The molecule has 1 fully saturated rings. The molecule has 0 spiro atoms. The van der Waals surface area contributed by atoms with Crippen molar-refractivity contribution in [3.63, 3.8) is 0 Å². The van der Waals surface area contributed by atoms with Crippen LogP contribution in [0.5, 0.6) is 5.75 Å². The fourth-order valence-electron chi connectivity index (χ4n) is 2.50. The third kappa shape index (κ3) is 3.59. The number of nitrogens with zero attached hydrogens (tertiary/aromatic N) is 3. The van der Waals surface area contributed by atoms with E-state index in [-0.39, 0.29) is 18.6 Å². The summed E-state index contributed by atoms with van der Waals surface area (Å²) in [7, 11) is 0. The first-order valence-corrected chi connectivity index (χ1v) is 7.70. The van der Waals surface area contributed by atoms with Gasteiger partial charge >= 0.3 is 5.69 Å². The number of carbonyl (C=O) groups is 1. The van der Waals surface area contributed by atoms with Crippen LogP contribution in [0.2, 0.25) is 0 Å². The van der Waals surface area contributed by atoms with Crippen LogP contribution in [-0.4, -0.2) is 39.6 Å². The Morgan fingerprint density at radius 1 is 1.35 bits per heavy atom. The van der Waals surface area contributed by atoms with E-state index >= 15 is 0 Å². The van der Waals surface area contributed by atoms with Crippen molar-refractivity contribution in [3.8, 4) is 5.75 Å². The van der Waals surface area contributed by atoms with Crippen LogP contribution in [0, 0.1) is 0 Å². The van der Waals surface area contributed by atoms with Crippen molar-refractivity contribution in [1.82, 2.24) is 14.5 Å². The number of rotatable bonds is 5. The largest absolute Gasteiger partial charge is 0.487 e. The van der Waals surface area contributed by atoms with Crippen LogP contribution in [0.4, 0.5) is 0 Å². The second-order valence-corrected chi connectivity index (χ2v) is 5.57. The Morgan fingerprint density at radius 3 is 2.91 bits per heavy atom. The first-order chi connectivity index (χ1) is 11.2. The maximum absolute atomic E-state index is 12.1. The number of hydrogen-bond acceptors (Lipinski definition) is 4. The second-order valence-electron chi connectivity index (χ2n) is 5.57. The van der Waals surface area contributed by atoms with Gasteiger partial charge in [-0.05, 0) is 30.2 Å². The van der Waals surface area contributed by atoms with Crippen LogP contribution in [0.1, 0.15) is 12.5 Å². The van der Waals surface area contributed by atoms with Crippen molar-refractivity contribution in [2.75, 3.05) is 13.1 Å². The van der Waals surface area contributed by atoms with Crippen molar-refractivity contribution in [3.05, 3.63) is 58.8 Å². The van der Waals surface area contributed by atoms with E-state index in [0.717, 1.165) is 12.2 Å². The molecule has 0 aliphatic carbocycles. The maximum atomic E-state index is 12.1. The van der Waals surface area contributed by atoms with Crippen LogP contribution < -0.4 is 10.4 Å². The Balaban J connectivity index is 1.51. The Morgan fingerprint density at radius 2 is 2.17 bits per heavy atom. The standard InChI is InChI=1S/C17H19N3O3/c1-2-13-5-3-6-14(9-13)23-15-10-20(11-15)16(21)12-19-8-4-7-18-17(19)22/h3-9,15H,2,10-12H2,1H3. The first-order valence-electron chi connectivity index (χ1n) is 7.70. The summed E-state index contributed by atoms with van der Waals surface area (Å²) >= 11 is 0. The van der Waals surface area contributed by atoms with Gasteiger partial charge in [-0.1, -0.05) is 19.1 Å². The topological polar surface area (TPSA) is 64.4 Å². The monoisotopic (exact) mass is 313 g/mol. The van der Waals surface area contributed by atoms with E-state index in [4.69, 9.17) is 4.74 Å². The van der Waals surface area contributed by atoms with Crippen molar-refractivity contribution < 1.29 is 9.53 Å². The highest BCUT2D eigenvalue weighted by Gasteiger charge is 2.32.